The molecule has 74 valence electrons. The average Bonchev–Trinajstić information content (AvgIpc) is 2.04. The molecule has 0 heterocycles. The second-order valence-electron chi connectivity index (χ2n) is 3.53. The van der Waals surface area contributed by atoms with Gasteiger partial charge in [0.25, 0.3) is 0 Å². The van der Waals surface area contributed by atoms with Gasteiger partial charge in [0, 0.05) is 24.9 Å². The summed E-state index contributed by atoms with van der Waals surface area (Å²) in [5.41, 5.74) is 0. The van der Waals surface area contributed by atoms with Crippen molar-refractivity contribution in [2.24, 2.45) is 5.92 Å². The summed E-state index contributed by atoms with van der Waals surface area (Å²) in [5, 5.41) is 8.86. The molecule has 0 saturated carbocycles. The molecule has 0 saturated heterocycles. The van der Waals surface area contributed by atoms with Gasteiger partial charge >= 0.3 is 0 Å². The van der Waals surface area contributed by atoms with Crippen LogP contribution in [0, 0.1) is 5.92 Å². The van der Waals surface area contributed by atoms with E-state index in [1.807, 2.05) is 11.8 Å². The summed E-state index contributed by atoms with van der Waals surface area (Å²) in [6, 6.07) is 0.606. The molecule has 0 aliphatic heterocycles. The number of aliphatic hydroxyl groups is 1. The topological polar surface area (TPSA) is 23.5 Å². The lowest BCUT2D eigenvalue weighted by atomic mass is 10.2. The van der Waals surface area contributed by atoms with Crippen molar-refractivity contribution < 1.29 is 5.11 Å². The normalized spacial score (nSPS) is 16.5. The van der Waals surface area contributed by atoms with Crippen molar-refractivity contribution in [1.29, 1.82) is 0 Å². The van der Waals surface area contributed by atoms with Crippen molar-refractivity contribution in [3.63, 3.8) is 0 Å². The van der Waals surface area contributed by atoms with Crippen LogP contribution in [0.2, 0.25) is 0 Å². The van der Waals surface area contributed by atoms with Gasteiger partial charge in [-0.1, -0.05) is 6.92 Å². The van der Waals surface area contributed by atoms with Crippen LogP contribution in [0.4, 0.5) is 0 Å². The van der Waals surface area contributed by atoms with E-state index in [0.717, 1.165) is 12.3 Å². The van der Waals surface area contributed by atoms with E-state index in [9.17, 15) is 0 Å². The van der Waals surface area contributed by atoms with Crippen LogP contribution in [0.15, 0.2) is 0 Å². The lowest BCUT2D eigenvalue weighted by molar-refractivity contribution is 0.174. The Balaban J connectivity index is 3.62. The SMILES string of the molecule is CSCC(C)N(C)CC(C)CO. The Bertz CT molecular complexity index is 111. The molecule has 0 amide bonds. The minimum absolute atomic E-state index is 0.288. The highest BCUT2D eigenvalue weighted by molar-refractivity contribution is 7.98. The Morgan fingerprint density at radius 3 is 2.42 bits per heavy atom. The molecule has 12 heavy (non-hydrogen) atoms. The Labute approximate surface area is 80.3 Å². The van der Waals surface area contributed by atoms with Gasteiger partial charge < -0.3 is 10.0 Å². The monoisotopic (exact) mass is 191 g/mol. The third-order valence-corrected chi connectivity index (χ3v) is 2.89. The predicted molar refractivity (Wildman–Crippen MR) is 56.7 cm³/mol. The van der Waals surface area contributed by atoms with Gasteiger partial charge in [-0.05, 0) is 26.1 Å². The van der Waals surface area contributed by atoms with Gasteiger partial charge in [-0.25, -0.2) is 0 Å². The van der Waals surface area contributed by atoms with Crippen LogP contribution in [-0.2, 0) is 0 Å². The molecule has 2 nitrogen and oxygen atoms in total. The number of hydrogen-bond donors (Lipinski definition) is 1. The standard InChI is InChI=1S/C9H21NOS/c1-8(6-11)5-10(3)9(2)7-12-4/h8-9,11H,5-7H2,1-4H3. The second kappa shape index (κ2) is 6.75. The van der Waals surface area contributed by atoms with Gasteiger partial charge in [0.15, 0.2) is 0 Å². The number of rotatable bonds is 6. The molecule has 0 bridgehead atoms. The first-order valence-corrected chi connectivity index (χ1v) is 5.81. The van der Waals surface area contributed by atoms with Gasteiger partial charge in [-0.15, -0.1) is 0 Å². The molecule has 0 fully saturated rings. The van der Waals surface area contributed by atoms with Gasteiger partial charge in [0.05, 0.1) is 0 Å². The molecule has 0 aliphatic rings. The summed E-state index contributed by atoms with van der Waals surface area (Å²) >= 11 is 1.87. The van der Waals surface area contributed by atoms with Crippen LogP contribution >= 0.6 is 11.8 Å². The number of hydrogen-bond acceptors (Lipinski definition) is 3. The minimum Gasteiger partial charge on any atom is -0.396 e. The molecule has 2 unspecified atom stereocenters. The van der Waals surface area contributed by atoms with Crippen molar-refractivity contribution >= 4 is 11.8 Å². The van der Waals surface area contributed by atoms with Crippen LogP contribution in [-0.4, -0.2) is 48.3 Å². The van der Waals surface area contributed by atoms with E-state index in [0.29, 0.717) is 12.0 Å². The maximum absolute atomic E-state index is 8.86. The predicted octanol–water partition coefficient (Wildman–Crippen LogP) is 1.30. The molecule has 0 radical (unpaired) electrons. The maximum atomic E-state index is 8.86. The molecule has 3 heteroatoms. The molecule has 0 rings (SSSR count). The smallest absolute Gasteiger partial charge is 0.0468 e. The fourth-order valence-corrected chi connectivity index (χ4v) is 1.83. The van der Waals surface area contributed by atoms with E-state index in [4.69, 9.17) is 5.11 Å². The Hall–Kier alpha value is 0.270. The molecule has 0 aromatic heterocycles. The fraction of sp³-hybridized carbons (Fsp3) is 1.00. The molecule has 0 aliphatic carbocycles. The summed E-state index contributed by atoms with van der Waals surface area (Å²) in [7, 11) is 2.12. The fourth-order valence-electron chi connectivity index (χ4n) is 1.10. The van der Waals surface area contributed by atoms with Gasteiger partial charge in [0.2, 0.25) is 0 Å². The zero-order valence-electron chi connectivity index (χ0n) is 8.58. The van der Waals surface area contributed by atoms with Crippen LogP contribution in [0.5, 0.6) is 0 Å². The quantitative estimate of drug-likeness (QED) is 0.684. The van der Waals surface area contributed by atoms with Gasteiger partial charge in [-0.2, -0.15) is 11.8 Å². The highest BCUT2D eigenvalue weighted by Crippen LogP contribution is 2.06. The average molecular weight is 191 g/mol. The Morgan fingerprint density at radius 2 is 2.00 bits per heavy atom. The van der Waals surface area contributed by atoms with Crippen molar-refractivity contribution in [2.75, 3.05) is 32.2 Å². The highest BCUT2D eigenvalue weighted by Gasteiger charge is 2.10. The zero-order chi connectivity index (χ0) is 9.56. The van der Waals surface area contributed by atoms with E-state index in [1.165, 1.54) is 0 Å². The van der Waals surface area contributed by atoms with Gasteiger partial charge in [0.1, 0.15) is 0 Å². The summed E-state index contributed by atoms with van der Waals surface area (Å²) < 4.78 is 0. The van der Waals surface area contributed by atoms with Crippen molar-refractivity contribution in [3.05, 3.63) is 0 Å². The Morgan fingerprint density at radius 1 is 1.42 bits per heavy atom. The molecular weight excluding hydrogens is 170 g/mol. The van der Waals surface area contributed by atoms with Crippen molar-refractivity contribution in [1.82, 2.24) is 4.90 Å². The molecule has 1 N–H and O–H groups in total. The maximum Gasteiger partial charge on any atom is 0.0468 e. The Kier molecular flexibility index (Phi) is 6.90. The molecule has 0 spiro atoms. The zero-order valence-corrected chi connectivity index (χ0v) is 9.40. The summed E-state index contributed by atoms with van der Waals surface area (Å²) in [6.07, 6.45) is 2.12. The van der Waals surface area contributed by atoms with E-state index in [1.54, 1.807) is 0 Å². The highest BCUT2D eigenvalue weighted by atomic mass is 32.2. The van der Waals surface area contributed by atoms with Crippen LogP contribution in [0.1, 0.15) is 13.8 Å². The van der Waals surface area contributed by atoms with Crippen molar-refractivity contribution in [3.8, 4) is 0 Å². The van der Waals surface area contributed by atoms with Crippen LogP contribution < -0.4 is 0 Å². The van der Waals surface area contributed by atoms with E-state index in [2.05, 4.69) is 32.1 Å². The third kappa shape index (κ3) is 5.01. The van der Waals surface area contributed by atoms with E-state index in [-0.39, 0.29) is 6.61 Å². The first-order valence-electron chi connectivity index (χ1n) is 4.41. The number of nitrogens with zero attached hydrogens (tertiary/aromatic N) is 1. The van der Waals surface area contributed by atoms with Gasteiger partial charge in [-0.3, -0.25) is 0 Å². The number of thioether (sulfide) groups is 1. The molecule has 0 aromatic rings. The van der Waals surface area contributed by atoms with E-state index < -0.39 is 0 Å². The minimum atomic E-state index is 0.288. The summed E-state index contributed by atoms with van der Waals surface area (Å²) in [4.78, 5) is 2.30. The third-order valence-electron chi connectivity index (χ3n) is 2.07. The van der Waals surface area contributed by atoms with E-state index >= 15 is 0 Å². The number of aliphatic hydroxyl groups excluding tert-OH is 1. The summed E-state index contributed by atoms with van der Waals surface area (Å²) in [6.45, 7) is 5.57. The summed E-state index contributed by atoms with van der Waals surface area (Å²) in [5.74, 6) is 1.55. The molecule has 2 atom stereocenters. The molecular formula is C9H21NOS. The molecule has 0 aromatic carbocycles. The largest absolute Gasteiger partial charge is 0.396 e. The lowest BCUT2D eigenvalue weighted by Crippen LogP contribution is -2.35. The van der Waals surface area contributed by atoms with Crippen molar-refractivity contribution in [2.45, 2.75) is 19.9 Å². The van der Waals surface area contributed by atoms with Crippen LogP contribution in [0.25, 0.3) is 0 Å². The second-order valence-corrected chi connectivity index (χ2v) is 4.44. The lowest BCUT2D eigenvalue weighted by Gasteiger charge is -2.26. The first kappa shape index (κ1) is 12.3. The first-order chi connectivity index (χ1) is 5.61. The van der Waals surface area contributed by atoms with Crippen LogP contribution in [0.3, 0.4) is 0 Å².